The summed E-state index contributed by atoms with van der Waals surface area (Å²) in [6.07, 6.45) is 1.54. The first kappa shape index (κ1) is 23.1. The molecular weight excluding hydrogens is 552 g/mol. The first-order chi connectivity index (χ1) is 16.0. The minimum Gasteiger partial charge on any atom is -0.490 e. The Labute approximate surface area is 207 Å². The standard InChI is InChI=1S/C25H20Br2N2O4/c1-2-31-23-11-17(5-9-22(23)32-15-16-3-6-19(26)7-4-16)14-28-29-25(30)24-13-18-12-20(27)8-10-21(18)33-24/h3-14H,2,15H2,1H3,(H,29,30)/b28-14+. The number of ether oxygens (including phenoxy) is 2. The molecule has 0 saturated heterocycles. The predicted octanol–water partition coefficient (Wildman–Crippen LogP) is 6.70. The number of hydrazone groups is 1. The second-order valence-corrected chi connectivity index (χ2v) is 8.88. The zero-order valence-electron chi connectivity index (χ0n) is 17.7. The molecule has 0 fully saturated rings. The normalized spacial score (nSPS) is 11.1. The SMILES string of the molecule is CCOc1cc(/C=N/NC(=O)c2cc3cc(Br)ccc3o2)ccc1OCc1ccc(Br)cc1. The highest BCUT2D eigenvalue weighted by atomic mass is 79.9. The Bertz CT molecular complexity index is 1300. The maximum absolute atomic E-state index is 12.4. The molecule has 0 radical (unpaired) electrons. The summed E-state index contributed by atoms with van der Waals surface area (Å²) in [6, 6.07) is 20.6. The van der Waals surface area contributed by atoms with Crippen molar-refractivity contribution >= 4 is 55.0 Å². The summed E-state index contributed by atoms with van der Waals surface area (Å²) in [6.45, 7) is 2.82. The van der Waals surface area contributed by atoms with Crippen molar-refractivity contribution in [3.05, 3.63) is 92.6 Å². The number of fused-ring (bicyclic) bond motifs is 1. The molecule has 1 heterocycles. The van der Waals surface area contributed by atoms with Crippen LogP contribution in [0.15, 0.2) is 85.2 Å². The van der Waals surface area contributed by atoms with E-state index in [0.717, 1.165) is 25.5 Å². The van der Waals surface area contributed by atoms with Gasteiger partial charge in [0.15, 0.2) is 17.3 Å². The average Bonchev–Trinajstić information content (AvgIpc) is 3.23. The minimum absolute atomic E-state index is 0.187. The number of hydrogen-bond donors (Lipinski definition) is 1. The largest absolute Gasteiger partial charge is 0.490 e. The fourth-order valence-corrected chi connectivity index (χ4v) is 3.72. The zero-order valence-corrected chi connectivity index (χ0v) is 20.9. The van der Waals surface area contributed by atoms with Crippen molar-refractivity contribution < 1.29 is 18.7 Å². The Morgan fingerprint density at radius 1 is 0.970 bits per heavy atom. The van der Waals surface area contributed by atoms with Gasteiger partial charge >= 0.3 is 5.91 Å². The van der Waals surface area contributed by atoms with E-state index in [9.17, 15) is 4.79 Å². The van der Waals surface area contributed by atoms with Gasteiger partial charge in [-0.3, -0.25) is 4.79 Å². The molecular formula is C25H20Br2N2O4. The van der Waals surface area contributed by atoms with Crippen LogP contribution in [0.25, 0.3) is 11.0 Å². The topological polar surface area (TPSA) is 73.1 Å². The van der Waals surface area contributed by atoms with Crippen molar-refractivity contribution in [1.29, 1.82) is 0 Å². The number of carbonyl (C=O) groups excluding carboxylic acids is 1. The third-order valence-electron chi connectivity index (χ3n) is 4.66. The van der Waals surface area contributed by atoms with E-state index in [0.29, 0.717) is 30.3 Å². The molecule has 33 heavy (non-hydrogen) atoms. The molecule has 0 saturated carbocycles. The van der Waals surface area contributed by atoms with Gasteiger partial charge in [-0.05, 0) is 72.6 Å². The smallest absolute Gasteiger partial charge is 0.307 e. The number of amides is 1. The van der Waals surface area contributed by atoms with Crippen LogP contribution in [0.5, 0.6) is 11.5 Å². The molecule has 0 bridgehead atoms. The number of nitrogens with zero attached hydrogens (tertiary/aromatic N) is 1. The van der Waals surface area contributed by atoms with Crippen LogP contribution < -0.4 is 14.9 Å². The molecule has 0 aliphatic carbocycles. The Morgan fingerprint density at radius 2 is 1.76 bits per heavy atom. The van der Waals surface area contributed by atoms with Gasteiger partial charge in [-0.15, -0.1) is 0 Å². The lowest BCUT2D eigenvalue weighted by Crippen LogP contribution is -2.16. The molecule has 1 amide bonds. The van der Waals surface area contributed by atoms with Crippen molar-refractivity contribution in [2.24, 2.45) is 5.10 Å². The van der Waals surface area contributed by atoms with Gasteiger partial charge < -0.3 is 13.9 Å². The fraction of sp³-hybridized carbons (Fsp3) is 0.120. The number of carbonyl (C=O) groups is 1. The van der Waals surface area contributed by atoms with Crippen LogP contribution in [0.2, 0.25) is 0 Å². The maximum Gasteiger partial charge on any atom is 0.307 e. The van der Waals surface area contributed by atoms with Gasteiger partial charge in [-0.2, -0.15) is 5.10 Å². The van der Waals surface area contributed by atoms with E-state index in [1.54, 1.807) is 12.1 Å². The van der Waals surface area contributed by atoms with E-state index in [4.69, 9.17) is 13.9 Å². The highest BCUT2D eigenvalue weighted by Crippen LogP contribution is 2.29. The van der Waals surface area contributed by atoms with Crippen molar-refractivity contribution in [2.75, 3.05) is 6.61 Å². The molecule has 4 rings (SSSR count). The van der Waals surface area contributed by atoms with E-state index >= 15 is 0 Å². The average molecular weight is 572 g/mol. The highest BCUT2D eigenvalue weighted by molar-refractivity contribution is 9.10. The van der Waals surface area contributed by atoms with Gasteiger partial charge in [-0.1, -0.05) is 44.0 Å². The van der Waals surface area contributed by atoms with Crippen LogP contribution in [-0.2, 0) is 6.61 Å². The minimum atomic E-state index is -0.432. The summed E-state index contributed by atoms with van der Waals surface area (Å²) in [4.78, 5) is 12.4. The molecule has 0 aliphatic rings. The Balaban J connectivity index is 1.41. The fourth-order valence-electron chi connectivity index (χ4n) is 3.08. The third-order valence-corrected chi connectivity index (χ3v) is 5.68. The van der Waals surface area contributed by atoms with Gasteiger partial charge in [0, 0.05) is 14.3 Å². The summed E-state index contributed by atoms with van der Waals surface area (Å²) in [5, 5.41) is 4.88. The van der Waals surface area contributed by atoms with Gasteiger partial charge in [0.25, 0.3) is 0 Å². The quantitative estimate of drug-likeness (QED) is 0.189. The van der Waals surface area contributed by atoms with Gasteiger partial charge in [-0.25, -0.2) is 5.43 Å². The van der Waals surface area contributed by atoms with Crippen LogP contribution in [0.1, 0.15) is 28.6 Å². The molecule has 0 spiro atoms. The number of benzene rings is 3. The number of nitrogens with one attached hydrogen (secondary N) is 1. The van der Waals surface area contributed by atoms with E-state index in [1.165, 1.54) is 6.21 Å². The molecule has 1 aromatic heterocycles. The van der Waals surface area contributed by atoms with Gasteiger partial charge in [0.2, 0.25) is 0 Å². The monoisotopic (exact) mass is 570 g/mol. The molecule has 8 heteroatoms. The lowest BCUT2D eigenvalue weighted by molar-refractivity contribution is 0.0929. The zero-order chi connectivity index (χ0) is 23.2. The van der Waals surface area contributed by atoms with Crippen LogP contribution in [0.3, 0.4) is 0 Å². The van der Waals surface area contributed by atoms with Crippen LogP contribution >= 0.6 is 31.9 Å². The highest BCUT2D eigenvalue weighted by Gasteiger charge is 2.12. The first-order valence-corrected chi connectivity index (χ1v) is 11.8. The molecule has 1 N–H and O–H groups in total. The van der Waals surface area contributed by atoms with Crippen molar-refractivity contribution in [3.8, 4) is 11.5 Å². The van der Waals surface area contributed by atoms with Crippen molar-refractivity contribution in [1.82, 2.24) is 5.43 Å². The lowest BCUT2D eigenvalue weighted by atomic mass is 10.2. The van der Waals surface area contributed by atoms with Gasteiger partial charge in [0.05, 0.1) is 12.8 Å². The Morgan fingerprint density at radius 3 is 2.55 bits per heavy atom. The number of hydrogen-bond acceptors (Lipinski definition) is 5. The number of halogens is 2. The number of rotatable bonds is 8. The molecule has 4 aromatic rings. The van der Waals surface area contributed by atoms with E-state index in [-0.39, 0.29) is 5.76 Å². The summed E-state index contributed by atoms with van der Waals surface area (Å²) < 4.78 is 19.2. The van der Waals surface area contributed by atoms with Crippen molar-refractivity contribution in [3.63, 3.8) is 0 Å². The molecule has 0 unspecified atom stereocenters. The molecule has 168 valence electrons. The first-order valence-electron chi connectivity index (χ1n) is 10.2. The molecule has 0 aliphatic heterocycles. The second-order valence-electron chi connectivity index (χ2n) is 7.05. The van der Waals surface area contributed by atoms with Gasteiger partial charge in [0.1, 0.15) is 12.2 Å². The van der Waals surface area contributed by atoms with Crippen LogP contribution in [0.4, 0.5) is 0 Å². The molecule has 3 aromatic carbocycles. The molecule has 0 atom stereocenters. The maximum atomic E-state index is 12.4. The predicted molar refractivity (Wildman–Crippen MR) is 135 cm³/mol. The summed E-state index contributed by atoms with van der Waals surface area (Å²) in [5.74, 6) is 0.993. The molecule has 6 nitrogen and oxygen atoms in total. The van der Waals surface area contributed by atoms with E-state index in [1.807, 2.05) is 61.5 Å². The summed E-state index contributed by atoms with van der Waals surface area (Å²) in [5.41, 5.74) is 4.92. The van der Waals surface area contributed by atoms with E-state index in [2.05, 4.69) is 42.4 Å². The Kier molecular flexibility index (Phi) is 7.47. The van der Waals surface area contributed by atoms with Crippen LogP contribution in [-0.4, -0.2) is 18.7 Å². The Hall–Kier alpha value is -3.10. The third kappa shape index (κ3) is 6.03. The lowest BCUT2D eigenvalue weighted by Gasteiger charge is -2.12. The summed E-state index contributed by atoms with van der Waals surface area (Å²) in [7, 11) is 0. The number of furan rings is 1. The summed E-state index contributed by atoms with van der Waals surface area (Å²) >= 11 is 6.83. The van der Waals surface area contributed by atoms with Crippen molar-refractivity contribution in [2.45, 2.75) is 13.5 Å². The second kappa shape index (κ2) is 10.7. The van der Waals surface area contributed by atoms with E-state index < -0.39 is 5.91 Å². The van der Waals surface area contributed by atoms with Crippen LogP contribution in [0, 0.1) is 0 Å².